The molecule has 1 atom stereocenters. The molecule has 1 aromatic heterocycles. The van der Waals surface area contributed by atoms with E-state index in [-0.39, 0.29) is 48.1 Å². The third-order valence-electron chi connectivity index (χ3n) is 3.08. The van der Waals surface area contributed by atoms with Crippen molar-refractivity contribution in [3.8, 4) is 5.75 Å². The molecule has 0 aliphatic rings. The Morgan fingerprint density at radius 1 is 1.20 bits per heavy atom. The van der Waals surface area contributed by atoms with Crippen LogP contribution in [0.15, 0.2) is 36.5 Å². The molecule has 0 N–H and O–H groups in total. The molecule has 1 unspecified atom stereocenters. The fourth-order valence-corrected chi connectivity index (χ4v) is 2.30. The first kappa shape index (κ1) is 18.8. The van der Waals surface area contributed by atoms with E-state index in [1.165, 1.54) is 36.5 Å². The monoisotopic (exact) mass is 365 g/mol. The lowest BCUT2D eigenvalue weighted by Crippen LogP contribution is -2.11. The molecule has 2 aromatic rings. The highest BCUT2D eigenvalue weighted by atomic mass is 32.2. The molecule has 0 fully saturated rings. The molecule has 0 saturated heterocycles. The number of halogens is 1. The van der Waals surface area contributed by atoms with Crippen molar-refractivity contribution >= 4 is 22.8 Å². The number of hydrogen-bond acceptors (Lipinski definition) is 7. The molecule has 0 radical (unpaired) electrons. The van der Waals surface area contributed by atoms with Crippen LogP contribution in [0, 0.1) is 5.82 Å². The predicted molar refractivity (Wildman–Crippen MR) is 84.9 cm³/mol. The van der Waals surface area contributed by atoms with Gasteiger partial charge in [-0.3, -0.25) is 13.8 Å². The standard InChI is InChI=1S/C16H15FN2O5S/c17-11-4-1-2-6-14(11)24-16(21)7-3-5-13(20)12-8-9-18-15(19-12)10-25(22)23/h1-2,4,6,8-9H,3,5,7,10H2,(H,22,23)/p-1. The van der Waals surface area contributed by atoms with E-state index in [1.807, 2.05) is 0 Å². The second-order valence-electron chi connectivity index (χ2n) is 4.99. The van der Waals surface area contributed by atoms with Crippen LogP contribution in [0.3, 0.4) is 0 Å². The highest BCUT2D eigenvalue weighted by molar-refractivity contribution is 7.78. The number of rotatable bonds is 8. The van der Waals surface area contributed by atoms with Crippen molar-refractivity contribution in [2.24, 2.45) is 0 Å². The molecule has 0 spiro atoms. The van der Waals surface area contributed by atoms with Gasteiger partial charge in [0.05, 0.1) is 5.75 Å². The summed E-state index contributed by atoms with van der Waals surface area (Å²) in [5.41, 5.74) is 0.0814. The molecule has 0 aliphatic carbocycles. The summed E-state index contributed by atoms with van der Waals surface area (Å²) in [7, 11) is 0. The molecule has 0 amide bonds. The van der Waals surface area contributed by atoms with Crippen molar-refractivity contribution in [3.05, 3.63) is 53.9 Å². The lowest BCUT2D eigenvalue weighted by Gasteiger charge is -2.06. The highest BCUT2D eigenvalue weighted by Crippen LogP contribution is 2.16. The van der Waals surface area contributed by atoms with Crippen molar-refractivity contribution in [1.29, 1.82) is 0 Å². The van der Waals surface area contributed by atoms with E-state index in [2.05, 4.69) is 9.97 Å². The van der Waals surface area contributed by atoms with Crippen LogP contribution in [0.5, 0.6) is 5.75 Å². The number of aromatic nitrogens is 2. The fourth-order valence-electron chi connectivity index (χ4n) is 1.95. The normalized spacial score (nSPS) is 11.8. The first-order valence-electron chi connectivity index (χ1n) is 7.32. The van der Waals surface area contributed by atoms with E-state index < -0.39 is 22.9 Å². The molecule has 9 heteroatoms. The van der Waals surface area contributed by atoms with Gasteiger partial charge in [-0.2, -0.15) is 0 Å². The molecule has 0 saturated carbocycles. The van der Waals surface area contributed by atoms with Gasteiger partial charge in [0.25, 0.3) is 0 Å². The average molecular weight is 365 g/mol. The molecule has 1 aromatic carbocycles. The number of hydrogen-bond donors (Lipinski definition) is 0. The molecule has 1 heterocycles. The summed E-state index contributed by atoms with van der Waals surface area (Å²) < 4.78 is 39.5. The summed E-state index contributed by atoms with van der Waals surface area (Å²) in [6.07, 6.45) is 1.44. The zero-order valence-corrected chi connectivity index (χ0v) is 13.8. The predicted octanol–water partition coefficient (Wildman–Crippen LogP) is 1.95. The molecule has 25 heavy (non-hydrogen) atoms. The number of ether oxygens (including phenoxy) is 1. The van der Waals surface area contributed by atoms with Crippen LogP contribution in [-0.4, -0.2) is 30.5 Å². The van der Waals surface area contributed by atoms with Crippen LogP contribution in [0.4, 0.5) is 4.39 Å². The summed E-state index contributed by atoms with van der Waals surface area (Å²) in [5, 5.41) is 0. The third-order valence-corrected chi connectivity index (χ3v) is 3.58. The zero-order chi connectivity index (χ0) is 18.2. The molecule has 2 rings (SSSR count). The lowest BCUT2D eigenvalue weighted by molar-refractivity contribution is -0.134. The van der Waals surface area contributed by atoms with Crippen LogP contribution >= 0.6 is 0 Å². The molecule has 132 valence electrons. The summed E-state index contributed by atoms with van der Waals surface area (Å²) in [6, 6.07) is 6.90. The Bertz CT molecular complexity index is 800. The van der Waals surface area contributed by atoms with Gasteiger partial charge in [0.15, 0.2) is 17.3 Å². The Morgan fingerprint density at radius 3 is 2.68 bits per heavy atom. The maximum Gasteiger partial charge on any atom is 0.311 e. The largest absolute Gasteiger partial charge is 0.772 e. The smallest absolute Gasteiger partial charge is 0.311 e. The zero-order valence-electron chi connectivity index (χ0n) is 13.0. The van der Waals surface area contributed by atoms with Crippen LogP contribution in [0.25, 0.3) is 0 Å². The SMILES string of the molecule is O=C(CCCC(=O)c1ccnc(CS(=O)[O-])n1)Oc1ccccc1F. The van der Waals surface area contributed by atoms with Gasteiger partial charge in [-0.1, -0.05) is 12.1 Å². The summed E-state index contributed by atoms with van der Waals surface area (Å²) in [4.78, 5) is 31.3. The summed E-state index contributed by atoms with van der Waals surface area (Å²) in [5.74, 6) is -2.16. The Balaban J connectivity index is 1.83. The Hall–Kier alpha value is -2.52. The number of esters is 1. The van der Waals surface area contributed by atoms with E-state index in [0.717, 1.165) is 0 Å². The van der Waals surface area contributed by atoms with Crippen molar-refractivity contribution in [2.75, 3.05) is 0 Å². The second kappa shape index (κ2) is 9.09. The minimum Gasteiger partial charge on any atom is -0.772 e. The van der Waals surface area contributed by atoms with E-state index >= 15 is 0 Å². The first-order valence-corrected chi connectivity index (χ1v) is 8.56. The summed E-state index contributed by atoms with van der Waals surface area (Å²) in [6.45, 7) is 0. The number of benzene rings is 1. The maximum atomic E-state index is 13.4. The first-order chi connectivity index (χ1) is 12.0. The van der Waals surface area contributed by atoms with Crippen molar-refractivity contribution < 1.29 is 27.5 Å². The Morgan fingerprint density at radius 2 is 1.96 bits per heavy atom. The Labute approximate surface area is 145 Å². The molecular weight excluding hydrogens is 351 g/mol. The van der Waals surface area contributed by atoms with Crippen molar-refractivity contribution in [3.63, 3.8) is 0 Å². The number of nitrogens with zero attached hydrogens (tertiary/aromatic N) is 2. The molecular formula is C16H14FN2O5S-. The minimum absolute atomic E-state index is 0.0172. The van der Waals surface area contributed by atoms with E-state index in [4.69, 9.17) is 4.74 Å². The number of carbonyl (C=O) groups is 2. The Kier molecular flexibility index (Phi) is 6.84. The van der Waals surface area contributed by atoms with Gasteiger partial charge in [0.2, 0.25) is 0 Å². The van der Waals surface area contributed by atoms with Gasteiger partial charge in [-0.05, 0) is 35.7 Å². The summed E-state index contributed by atoms with van der Waals surface area (Å²) >= 11 is -2.35. The number of carbonyl (C=O) groups excluding carboxylic acids is 2. The number of para-hydroxylation sites is 1. The fraction of sp³-hybridized carbons (Fsp3) is 0.250. The topological polar surface area (TPSA) is 109 Å². The lowest BCUT2D eigenvalue weighted by atomic mass is 10.1. The van der Waals surface area contributed by atoms with E-state index in [0.29, 0.717) is 0 Å². The van der Waals surface area contributed by atoms with Gasteiger partial charge < -0.3 is 9.29 Å². The van der Waals surface area contributed by atoms with Crippen LogP contribution in [0.2, 0.25) is 0 Å². The van der Waals surface area contributed by atoms with Crippen molar-refractivity contribution in [1.82, 2.24) is 9.97 Å². The molecule has 0 aliphatic heterocycles. The molecule has 7 nitrogen and oxygen atoms in total. The number of Topliss-reactive ketones (excluding diaryl/α,β-unsaturated/α-hetero) is 1. The van der Waals surface area contributed by atoms with Gasteiger partial charge in [0, 0.05) is 19.0 Å². The molecule has 0 bridgehead atoms. The van der Waals surface area contributed by atoms with Gasteiger partial charge in [-0.15, -0.1) is 0 Å². The van der Waals surface area contributed by atoms with Gasteiger partial charge in [0.1, 0.15) is 11.5 Å². The number of ketones is 1. The average Bonchev–Trinajstić information content (AvgIpc) is 2.56. The van der Waals surface area contributed by atoms with Crippen molar-refractivity contribution in [2.45, 2.75) is 25.0 Å². The van der Waals surface area contributed by atoms with Crippen LogP contribution < -0.4 is 4.74 Å². The third kappa shape index (κ3) is 6.12. The van der Waals surface area contributed by atoms with Gasteiger partial charge >= 0.3 is 5.97 Å². The maximum absolute atomic E-state index is 13.4. The van der Waals surface area contributed by atoms with E-state index in [1.54, 1.807) is 0 Å². The van der Waals surface area contributed by atoms with Crippen LogP contribution in [0.1, 0.15) is 35.6 Å². The second-order valence-corrected chi connectivity index (χ2v) is 5.88. The minimum atomic E-state index is -2.35. The highest BCUT2D eigenvalue weighted by Gasteiger charge is 2.12. The van der Waals surface area contributed by atoms with E-state index in [9.17, 15) is 22.7 Å². The quantitative estimate of drug-likeness (QED) is 0.304. The van der Waals surface area contributed by atoms with Crippen LogP contribution in [-0.2, 0) is 21.6 Å². The van der Waals surface area contributed by atoms with Gasteiger partial charge in [-0.25, -0.2) is 14.4 Å².